The summed E-state index contributed by atoms with van der Waals surface area (Å²) in [6, 6.07) is 10.1. The van der Waals surface area contributed by atoms with Gasteiger partial charge in [-0.15, -0.1) is 0 Å². The number of hydrogen-bond donors (Lipinski definition) is 0. The Kier molecular flexibility index (Phi) is 6.46. The summed E-state index contributed by atoms with van der Waals surface area (Å²) in [6.45, 7) is 7.24. The molecule has 4 rings (SSSR count). The zero-order valence-corrected chi connectivity index (χ0v) is 18.5. The highest BCUT2D eigenvalue weighted by molar-refractivity contribution is 5.88. The second-order valence-corrected chi connectivity index (χ2v) is 8.03. The molecule has 8 nitrogen and oxygen atoms in total. The molecule has 0 aliphatic carbocycles. The monoisotopic (exact) mass is 422 g/mol. The van der Waals surface area contributed by atoms with Gasteiger partial charge in [0.1, 0.15) is 18.2 Å². The first-order chi connectivity index (χ1) is 15.1. The van der Waals surface area contributed by atoms with Crippen LogP contribution in [0, 0.1) is 0 Å². The van der Waals surface area contributed by atoms with E-state index in [1.807, 2.05) is 46.1 Å². The van der Waals surface area contributed by atoms with Gasteiger partial charge in [0.2, 0.25) is 5.91 Å². The van der Waals surface area contributed by atoms with Crippen molar-refractivity contribution < 1.29 is 9.53 Å². The van der Waals surface area contributed by atoms with E-state index < -0.39 is 0 Å². The molecule has 3 heterocycles. The molecule has 1 saturated heterocycles. The molecule has 0 radical (unpaired) electrons. The lowest BCUT2D eigenvalue weighted by molar-refractivity contribution is -0.135. The van der Waals surface area contributed by atoms with Gasteiger partial charge in [-0.1, -0.05) is 38.5 Å². The van der Waals surface area contributed by atoms with Crippen molar-refractivity contribution in [2.24, 2.45) is 0 Å². The Morgan fingerprint density at radius 1 is 1.13 bits per heavy atom. The third kappa shape index (κ3) is 4.39. The quantitative estimate of drug-likeness (QED) is 0.583. The molecule has 2 aromatic heterocycles. The lowest BCUT2D eigenvalue weighted by Gasteiger charge is -2.35. The van der Waals surface area contributed by atoms with Crippen LogP contribution in [0.4, 0.5) is 5.82 Å². The van der Waals surface area contributed by atoms with Crippen LogP contribution in [0.25, 0.3) is 16.7 Å². The van der Waals surface area contributed by atoms with E-state index in [1.54, 1.807) is 7.11 Å². The van der Waals surface area contributed by atoms with E-state index in [4.69, 9.17) is 14.7 Å². The van der Waals surface area contributed by atoms with Gasteiger partial charge in [-0.05, 0) is 18.6 Å². The number of nitrogens with zero attached hydrogens (tertiary/aromatic N) is 6. The number of hydrogen-bond acceptors (Lipinski definition) is 6. The minimum Gasteiger partial charge on any atom is -0.375 e. The molecule has 1 fully saturated rings. The van der Waals surface area contributed by atoms with Crippen molar-refractivity contribution >= 4 is 22.8 Å². The Labute approximate surface area is 182 Å². The molecule has 0 bridgehead atoms. The number of aromatic nitrogens is 4. The Hall–Kier alpha value is -3.00. The SMILES string of the molecule is CCC[C@@H](C)c1nc(N2CCN(C(=O)COC)CC2)c2cnn(-c3ccccc3)c2n1. The van der Waals surface area contributed by atoms with Crippen molar-refractivity contribution in [2.45, 2.75) is 32.6 Å². The molecule has 3 aromatic rings. The van der Waals surface area contributed by atoms with E-state index >= 15 is 0 Å². The molecule has 0 N–H and O–H groups in total. The normalized spacial score (nSPS) is 15.5. The molecule has 1 aliphatic rings. The van der Waals surface area contributed by atoms with Gasteiger partial charge in [0.05, 0.1) is 17.3 Å². The summed E-state index contributed by atoms with van der Waals surface area (Å²) in [7, 11) is 1.55. The van der Waals surface area contributed by atoms with Gasteiger partial charge in [-0.2, -0.15) is 5.10 Å². The number of anilines is 1. The molecule has 31 heavy (non-hydrogen) atoms. The average molecular weight is 423 g/mol. The van der Waals surface area contributed by atoms with Crippen LogP contribution in [-0.4, -0.2) is 70.5 Å². The summed E-state index contributed by atoms with van der Waals surface area (Å²) in [5, 5.41) is 5.58. The van der Waals surface area contributed by atoms with Crippen molar-refractivity contribution in [2.75, 3.05) is 44.8 Å². The number of para-hydroxylation sites is 1. The van der Waals surface area contributed by atoms with Crippen molar-refractivity contribution in [1.29, 1.82) is 0 Å². The third-order valence-electron chi connectivity index (χ3n) is 5.79. The molecule has 0 unspecified atom stereocenters. The summed E-state index contributed by atoms with van der Waals surface area (Å²) in [6.07, 6.45) is 3.97. The van der Waals surface area contributed by atoms with Crippen LogP contribution in [-0.2, 0) is 9.53 Å². The second-order valence-electron chi connectivity index (χ2n) is 8.03. The highest BCUT2D eigenvalue weighted by atomic mass is 16.5. The van der Waals surface area contributed by atoms with Gasteiger partial charge >= 0.3 is 0 Å². The first kappa shape index (κ1) is 21.2. The van der Waals surface area contributed by atoms with Crippen LogP contribution in [0.1, 0.15) is 38.4 Å². The zero-order chi connectivity index (χ0) is 21.8. The van der Waals surface area contributed by atoms with Crippen molar-refractivity contribution in [3.05, 3.63) is 42.4 Å². The first-order valence-electron chi connectivity index (χ1n) is 10.9. The van der Waals surface area contributed by atoms with Crippen molar-refractivity contribution in [3.8, 4) is 5.69 Å². The van der Waals surface area contributed by atoms with E-state index in [0.717, 1.165) is 54.3 Å². The summed E-state index contributed by atoms with van der Waals surface area (Å²) in [5.74, 6) is 2.05. The van der Waals surface area contributed by atoms with E-state index in [-0.39, 0.29) is 18.4 Å². The van der Waals surface area contributed by atoms with Gasteiger partial charge in [-0.25, -0.2) is 14.6 Å². The Morgan fingerprint density at radius 2 is 1.87 bits per heavy atom. The predicted octanol–water partition coefficient (Wildman–Crippen LogP) is 3.01. The molecule has 0 spiro atoms. The van der Waals surface area contributed by atoms with Crippen LogP contribution in [0.3, 0.4) is 0 Å². The molecule has 1 aliphatic heterocycles. The molecule has 8 heteroatoms. The number of methoxy groups -OCH3 is 1. The van der Waals surface area contributed by atoms with Crippen LogP contribution < -0.4 is 4.90 Å². The molecule has 1 amide bonds. The number of carbonyl (C=O) groups excluding carboxylic acids is 1. The minimum atomic E-state index is 0.0316. The molecule has 164 valence electrons. The van der Waals surface area contributed by atoms with Crippen LogP contribution in [0.15, 0.2) is 36.5 Å². The summed E-state index contributed by atoms with van der Waals surface area (Å²) < 4.78 is 6.89. The standard InChI is InChI=1S/C23H30N6O2/c1-4-8-17(2)21-25-22(28-13-11-27(12-14-28)20(30)16-31-3)19-15-24-29(23(19)26-21)18-9-6-5-7-10-18/h5-7,9-10,15,17H,4,8,11-14,16H2,1-3H3/t17-/m1/s1. The largest absolute Gasteiger partial charge is 0.375 e. The van der Waals surface area contributed by atoms with Gasteiger partial charge < -0.3 is 14.5 Å². The van der Waals surface area contributed by atoms with Crippen LogP contribution in [0.5, 0.6) is 0 Å². The number of carbonyl (C=O) groups is 1. The molecule has 1 aromatic carbocycles. The number of rotatable bonds is 7. The highest BCUT2D eigenvalue weighted by Gasteiger charge is 2.25. The number of ether oxygens (including phenoxy) is 1. The summed E-state index contributed by atoms with van der Waals surface area (Å²) in [5.41, 5.74) is 1.80. The van der Waals surface area contributed by atoms with Crippen molar-refractivity contribution in [3.63, 3.8) is 0 Å². The fourth-order valence-electron chi connectivity index (χ4n) is 4.07. The second kappa shape index (κ2) is 9.43. The Bertz CT molecular complexity index is 1030. The number of benzene rings is 1. The van der Waals surface area contributed by atoms with Gasteiger partial charge in [0, 0.05) is 39.2 Å². The molecular weight excluding hydrogens is 392 g/mol. The minimum absolute atomic E-state index is 0.0316. The first-order valence-corrected chi connectivity index (χ1v) is 10.9. The highest BCUT2D eigenvalue weighted by Crippen LogP contribution is 2.29. The Balaban J connectivity index is 1.71. The summed E-state index contributed by atoms with van der Waals surface area (Å²) >= 11 is 0. The molecule has 0 saturated carbocycles. The van der Waals surface area contributed by atoms with Crippen LogP contribution in [0.2, 0.25) is 0 Å². The van der Waals surface area contributed by atoms with E-state index in [2.05, 4.69) is 23.8 Å². The van der Waals surface area contributed by atoms with Crippen LogP contribution >= 0.6 is 0 Å². The van der Waals surface area contributed by atoms with E-state index in [1.165, 1.54) is 0 Å². The van der Waals surface area contributed by atoms with Gasteiger partial charge in [0.15, 0.2) is 5.65 Å². The van der Waals surface area contributed by atoms with E-state index in [0.29, 0.717) is 13.1 Å². The lowest BCUT2D eigenvalue weighted by Crippen LogP contribution is -2.50. The fraction of sp³-hybridized carbons (Fsp3) is 0.478. The average Bonchev–Trinajstić information content (AvgIpc) is 3.23. The zero-order valence-electron chi connectivity index (χ0n) is 18.5. The van der Waals surface area contributed by atoms with Crippen molar-refractivity contribution in [1.82, 2.24) is 24.6 Å². The third-order valence-corrected chi connectivity index (χ3v) is 5.79. The fourth-order valence-corrected chi connectivity index (χ4v) is 4.07. The topological polar surface area (TPSA) is 76.4 Å². The maximum absolute atomic E-state index is 12.2. The van der Waals surface area contributed by atoms with Gasteiger partial charge in [-0.3, -0.25) is 4.79 Å². The number of amides is 1. The molecule has 1 atom stereocenters. The number of piperazine rings is 1. The number of fused-ring (bicyclic) bond motifs is 1. The van der Waals surface area contributed by atoms with E-state index in [9.17, 15) is 4.79 Å². The summed E-state index contributed by atoms with van der Waals surface area (Å²) in [4.78, 5) is 26.2. The smallest absolute Gasteiger partial charge is 0.248 e. The van der Waals surface area contributed by atoms with Gasteiger partial charge in [0.25, 0.3) is 0 Å². The lowest BCUT2D eigenvalue weighted by atomic mass is 10.1. The Morgan fingerprint density at radius 3 is 2.55 bits per heavy atom. The maximum Gasteiger partial charge on any atom is 0.248 e. The molecular formula is C23H30N6O2. The predicted molar refractivity (Wildman–Crippen MR) is 121 cm³/mol. The maximum atomic E-state index is 12.2.